The van der Waals surface area contributed by atoms with E-state index in [1.807, 2.05) is 32.0 Å². The molecule has 1 aliphatic heterocycles. The zero-order chi connectivity index (χ0) is 23.0. The molecule has 0 unspecified atom stereocenters. The van der Waals surface area contributed by atoms with E-state index >= 15 is 0 Å². The Morgan fingerprint density at radius 1 is 1.25 bits per heavy atom. The number of para-hydroxylation sites is 2. The van der Waals surface area contributed by atoms with E-state index in [0.29, 0.717) is 35.6 Å². The molecule has 1 aliphatic rings. The SMILES string of the molecule is CCOC(OCC)[C@]1(C)Oc2ccc([N+](=O)[O-])cc2[C@@H](n2c(=S)oc3ccccc32)[C@@H]1O. The number of hydrogen-bond donors (Lipinski definition) is 1. The highest BCUT2D eigenvalue weighted by Gasteiger charge is 2.54. The first-order chi connectivity index (χ1) is 15.3. The van der Waals surface area contributed by atoms with Crippen LogP contribution in [0.3, 0.4) is 0 Å². The molecule has 0 radical (unpaired) electrons. The summed E-state index contributed by atoms with van der Waals surface area (Å²) in [5, 5.41) is 23.1. The lowest BCUT2D eigenvalue weighted by Gasteiger charge is -2.47. The summed E-state index contributed by atoms with van der Waals surface area (Å²) in [5.74, 6) is 0.366. The highest BCUT2D eigenvalue weighted by molar-refractivity contribution is 7.71. The zero-order valence-electron chi connectivity index (χ0n) is 17.9. The van der Waals surface area contributed by atoms with E-state index in [0.717, 1.165) is 0 Å². The molecular formula is C22H24N2O7S. The highest BCUT2D eigenvalue weighted by Crippen LogP contribution is 2.46. The second kappa shape index (κ2) is 8.62. The first-order valence-corrected chi connectivity index (χ1v) is 10.7. The van der Waals surface area contributed by atoms with Gasteiger partial charge in [-0.2, -0.15) is 0 Å². The summed E-state index contributed by atoms with van der Waals surface area (Å²) in [7, 11) is 0. The Balaban J connectivity index is 1.97. The zero-order valence-corrected chi connectivity index (χ0v) is 18.7. The van der Waals surface area contributed by atoms with Crippen LogP contribution in [0, 0.1) is 15.0 Å². The van der Waals surface area contributed by atoms with Gasteiger partial charge in [0.15, 0.2) is 17.5 Å². The molecule has 3 atom stereocenters. The Kier molecular flexibility index (Phi) is 6.04. The van der Waals surface area contributed by atoms with Crippen LogP contribution in [0.2, 0.25) is 0 Å². The number of oxazole rings is 1. The maximum absolute atomic E-state index is 11.7. The summed E-state index contributed by atoms with van der Waals surface area (Å²) in [4.78, 5) is 11.1. The molecule has 0 amide bonds. The standard InChI is InChI=1S/C22H24N2O7S/c1-4-28-20(29-5-2)22(3)19(25)18(14-12-13(24(26)27)10-11-16(14)31-22)23-15-8-6-7-9-17(15)30-21(23)32/h6-12,18-20,25H,4-5H2,1-3H3/t18-,19+,22-/m1/s1. The Bertz CT molecular complexity index is 1200. The first-order valence-electron chi connectivity index (χ1n) is 10.3. The number of nitro benzene ring substituents is 1. The minimum atomic E-state index is -1.34. The molecule has 9 nitrogen and oxygen atoms in total. The van der Waals surface area contributed by atoms with Gasteiger partial charge in [-0.05, 0) is 51.2 Å². The number of non-ortho nitro benzene ring substituents is 1. The van der Waals surface area contributed by atoms with E-state index in [-0.39, 0.29) is 10.5 Å². The van der Waals surface area contributed by atoms with E-state index in [1.165, 1.54) is 18.2 Å². The van der Waals surface area contributed by atoms with E-state index in [9.17, 15) is 15.2 Å². The topological polar surface area (TPSA) is 109 Å². The number of nitrogens with zero attached hydrogens (tertiary/aromatic N) is 2. The molecule has 1 aromatic heterocycles. The van der Waals surface area contributed by atoms with Crippen LogP contribution < -0.4 is 4.74 Å². The minimum Gasteiger partial charge on any atom is -0.479 e. The second-order valence-electron chi connectivity index (χ2n) is 7.60. The predicted molar refractivity (Wildman–Crippen MR) is 118 cm³/mol. The fraction of sp³-hybridized carbons (Fsp3) is 0.409. The van der Waals surface area contributed by atoms with Crippen LogP contribution >= 0.6 is 12.2 Å². The van der Waals surface area contributed by atoms with Crippen LogP contribution in [0.1, 0.15) is 32.4 Å². The monoisotopic (exact) mass is 460 g/mol. The maximum Gasteiger partial charge on any atom is 0.270 e. The quantitative estimate of drug-likeness (QED) is 0.240. The largest absolute Gasteiger partial charge is 0.479 e. The molecule has 2 aromatic carbocycles. The fourth-order valence-electron chi connectivity index (χ4n) is 4.15. The maximum atomic E-state index is 11.7. The summed E-state index contributed by atoms with van der Waals surface area (Å²) in [5.41, 5.74) is 0.133. The Labute approximate surface area is 189 Å². The molecule has 10 heteroatoms. The average molecular weight is 461 g/mol. The van der Waals surface area contributed by atoms with Gasteiger partial charge in [-0.25, -0.2) is 0 Å². The van der Waals surface area contributed by atoms with Crippen molar-refractivity contribution in [1.29, 1.82) is 0 Å². The lowest BCUT2D eigenvalue weighted by atomic mass is 9.84. The molecule has 0 bridgehead atoms. The summed E-state index contributed by atoms with van der Waals surface area (Å²) >= 11 is 5.49. The predicted octanol–water partition coefficient (Wildman–Crippen LogP) is 4.37. The van der Waals surface area contributed by atoms with Crippen LogP contribution in [0.4, 0.5) is 5.69 Å². The van der Waals surface area contributed by atoms with Gasteiger partial charge in [0.25, 0.3) is 10.5 Å². The molecule has 4 rings (SSSR count). The molecule has 0 fully saturated rings. The number of aliphatic hydroxyl groups excluding tert-OH is 1. The lowest BCUT2D eigenvalue weighted by molar-refractivity contribution is -0.385. The Morgan fingerprint density at radius 2 is 1.94 bits per heavy atom. The molecule has 170 valence electrons. The summed E-state index contributed by atoms with van der Waals surface area (Å²) in [6.07, 6.45) is -2.14. The van der Waals surface area contributed by atoms with Gasteiger partial charge in [-0.1, -0.05) is 12.1 Å². The van der Waals surface area contributed by atoms with Crippen LogP contribution in [-0.2, 0) is 9.47 Å². The molecule has 0 saturated heterocycles. The number of benzene rings is 2. The third-order valence-corrected chi connectivity index (χ3v) is 5.92. The normalized spacial score (nSPS) is 22.7. The van der Waals surface area contributed by atoms with Gasteiger partial charge in [0.05, 0.1) is 16.5 Å². The summed E-state index contributed by atoms with van der Waals surface area (Å²) in [6, 6.07) is 10.6. The van der Waals surface area contributed by atoms with Gasteiger partial charge in [-0.3, -0.25) is 14.7 Å². The highest BCUT2D eigenvalue weighted by atomic mass is 32.1. The van der Waals surface area contributed by atoms with Gasteiger partial charge >= 0.3 is 0 Å². The number of aliphatic hydroxyl groups is 1. The van der Waals surface area contributed by atoms with Crippen molar-refractivity contribution in [3.63, 3.8) is 0 Å². The second-order valence-corrected chi connectivity index (χ2v) is 7.95. The van der Waals surface area contributed by atoms with Gasteiger partial charge in [0, 0.05) is 30.9 Å². The number of hydrogen-bond acceptors (Lipinski definition) is 8. The number of ether oxygens (including phenoxy) is 3. The third kappa shape index (κ3) is 3.58. The van der Waals surface area contributed by atoms with Crippen molar-refractivity contribution in [3.8, 4) is 5.75 Å². The first kappa shape index (κ1) is 22.4. The van der Waals surface area contributed by atoms with Gasteiger partial charge in [-0.15, -0.1) is 0 Å². The number of fused-ring (bicyclic) bond motifs is 2. The third-order valence-electron chi connectivity index (χ3n) is 5.64. The Morgan fingerprint density at radius 3 is 2.59 bits per heavy atom. The van der Waals surface area contributed by atoms with E-state index in [2.05, 4.69) is 0 Å². The number of aromatic nitrogens is 1. The van der Waals surface area contributed by atoms with Crippen molar-refractivity contribution >= 4 is 29.0 Å². The van der Waals surface area contributed by atoms with Crippen molar-refractivity contribution in [1.82, 2.24) is 4.57 Å². The molecule has 1 N–H and O–H groups in total. The van der Waals surface area contributed by atoms with Crippen molar-refractivity contribution in [3.05, 3.63) is 63.0 Å². The number of rotatable bonds is 7. The lowest BCUT2D eigenvalue weighted by Crippen LogP contribution is -2.61. The average Bonchev–Trinajstić information content (AvgIpc) is 3.10. The minimum absolute atomic E-state index is 0.126. The summed E-state index contributed by atoms with van der Waals surface area (Å²) < 4.78 is 25.2. The molecule has 32 heavy (non-hydrogen) atoms. The molecule has 0 spiro atoms. The Hall–Kier alpha value is -2.79. The van der Waals surface area contributed by atoms with Crippen molar-refractivity contribution in [2.45, 2.75) is 44.8 Å². The molecule has 2 heterocycles. The van der Waals surface area contributed by atoms with Crippen molar-refractivity contribution in [2.24, 2.45) is 0 Å². The van der Waals surface area contributed by atoms with Gasteiger partial charge in [0.2, 0.25) is 0 Å². The van der Waals surface area contributed by atoms with Crippen LogP contribution in [0.25, 0.3) is 11.1 Å². The summed E-state index contributed by atoms with van der Waals surface area (Å²) in [6.45, 7) is 6.00. The smallest absolute Gasteiger partial charge is 0.270 e. The molecule has 0 aliphatic carbocycles. The van der Waals surface area contributed by atoms with Gasteiger partial charge < -0.3 is 23.7 Å². The van der Waals surface area contributed by atoms with E-state index in [4.69, 9.17) is 30.8 Å². The van der Waals surface area contributed by atoms with E-state index < -0.39 is 29.0 Å². The van der Waals surface area contributed by atoms with Gasteiger partial charge in [0.1, 0.15) is 11.9 Å². The van der Waals surface area contributed by atoms with Crippen molar-refractivity contribution < 1.29 is 28.7 Å². The fourth-order valence-corrected chi connectivity index (χ4v) is 4.45. The molecule has 0 saturated carbocycles. The van der Waals surface area contributed by atoms with Crippen LogP contribution in [0.15, 0.2) is 46.9 Å². The van der Waals surface area contributed by atoms with Crippen molar-refractivity contribution in [2.75, 3.05) is 13.2 Å². The van der Waals surface area contributed by atoms with Crippen LogP contribution in [-0.4, -0.2) is 45.8 Å². The van der Waals surface area contributed by atoms with E-state index in [1.54, 1.807) is 17.6 Å². The molecular weight excluding hydrogens is 436 g/mol. The number of nitro groups is 1. The van der Waals surface area contributed by atoms with Crippen LogP contribution in [0.5, 0.6) is 5.75 Å². The molecule has 3 aromatic rings.